The second kappa shape index (κ2) is 9.01. The quantitative estimate of drug-likeness (QED) is 0.741. The molecule has 3 heteroatoms. The Morgan fingerprint density at radius 3 is 2.85 bits per heavy atom. The van der Waals surface area contributed by atoms with Crippen molar-refractivity contribution in [2.24, 2.45) is 11.8 Å². The van der Waals surface area contributed by atoms with Gasteiger partial charge in [0.25, 0.3) is 0 Å². The van der Waals surface area contributed by atoms with Crippen LogP contribution in [-0.2, 0) is 9.47 Å². The lowest BCUT2D eigenvalue weighted by molar-refractivity contribution is -0.00684. The molecule has 118 valence electrons. The number of hydrogen-bond acceptors (Lipinski definition) is 3. The van der Waals surface area contributed by atoms with Crippen molar-refractivity contribution in [3.8, 4) is 0 Å². The molecule has 0 aromatic heterocycles. The van der Waals surface area contributed by atoms with Crippen LogP contribution in [-0.4, -0.2) is 38.5 Å². The molecule has 0 bridgehead atoms. The molecule has 3 nitrogen and oxygen atoms in total. The zero-order valence-electron chi connectivity index (χ0n) is 13.4. The second-order valence-electron chi connectivity index (χ2n) is 6.58. The Kier molecular flexibility index (Phi) is 7.32. The van der Waals surface area contributed by atoms with Crippen LogP contribution in [0.3, 0.4) is 0 Å². The maximum atomic E-state index is 6.27. The summed E-state index contributed by atoms with van der Waals surface area (Å²) >= 11 is 0. The Balaban J connectivity index is 1.75. The summed E-state index contributed by atoms with van der Waals surface area (Å²) in [7, 11) is 0. The van der Waals surface area contributed by atoms with Gasteiger partial charge in [0.2, 0.25) is 0 Å². The van der Waals surface area contributed by atoms with Crippen LogP contribution in [0.1, 0.15) is 58.8 Å². The monoisotopic (exact) mass is 283 g/mol. The molecule has 4 atom stereocenters. The average Bonchev–Trinajstić information content (AvgIpc) is 3.02. The normalized spacial score (nSPS) is 32.4. The lowest BCUT2D eigenvalue weighted by Gasteiger charge is -2.31. The third-order valence-corrected chi connectivity index (χ3v) is 5.01. The fourth-order valence-corrected chi connectivity index (χ4v) is 3.57. The van der Waals surface area contributed by atoms with Gasteiger partial charge in [-0.15, -0.1) is 0 Å². The van der Waals surface area contributed by atoms with Gasteiger partial charge < -0.3 is 14.8 Å². The van der Waals surface area contributed by atoms with E-state index in [1.165, 1.54) is 44.9 Å². The van der Waals surface area contributed by atoms with Crippen LogP contribution in [0, 0.1) is 11.8 Å². The maximum absolute atomic E-state index is 6.27. The van der Waals surface area contributed by atoms with Gasteiger partial charge >= 0.3 is 0 Å². The highest BCUT2D eigenvalue weighted by molar-refractivity contribution is 4.80. The van der Waals surface area contributed by atoms with Gasteiger partial charge in [-0.1, -0.05) is 33.1 Å². The van der Waals surface area contributed by atoms with Crippen molar-refractivity contribution in [3.63, 3.8) is 0 Å². The lowest BCUT2D eigenvalue weighted by atomic mass is 9.85. The fraction of sp³-hybridized carbons (Fsp3) is 1.00. The number of ether oxygens (including phenoxy) is 2. The highest BCUT2D eigenvalue weighted by Gasteiger charge is 2.27. The van der Waals surface area contributed by atoms with E-state index in [0.717, 1.165) is 32.3 Å². The van der Waals surface area contributed by atoms with Gasteiger partial charge in [0.15, 0.2) is 0 Å². The predicted octanol–water partition coefficient (Wildman–Crippen LogP) is 3.38. The molecule has 4 unspecified atom stereocenters. The molecule has 0 aromatic rings. The van der Waals surface area contributed by atoms with Crippen LogP contribution >= 0.6 is 0 Å². The van der Waals surface area contributed by atoms with E-state index in [-0.39, 0.29) is 0 Å². The average molecular weight is 283 g/mol. The molecule has 0 radical (unpaired) electrons. The summed E-state index contributed by atoms with van der Waals surface area (Å²) in [5, 5.41) is 3.67. The Bertz CT molecular complexity index is 253. The van der Waals surface area contributed by atoms with E-state index in [9.17, 15) is 0 Å². The first kappa shape index (κ1) is 16.3. The molecule has 0 spiro atoms. The van der Waals surface area contributed by atoms with Crippen molar-refractivity contribution in [1.29, 1.82) is 0 Å². The largest absolute Gasteiger partial charge is 0.381 e. The number of rotatable bonds is 8. The molecule has 0 aromatic carbocycles. The van der Waals surface area contributed by atoms with Crippen LogP contribution in [0.25, 0.3) is 0 Å². The van der Waals surface area contributed by atoms with Crippen LogP contribution in [0.15, 0.2) is 0 Å². The van der Waals surface area contributed by atoms with E-state index in [1.807, 2.05) is 0 Å². The zero-order chi connectivity index (χ0) is 14.2. The minimum absolute atomic E-state index is 0.486. The summed E-state index contributed by atoms with van der Waals surface area (Å²) in [5.74, 6) is 1.54. The Hall–Kier alpha value is -0.120. The molecule has 1 heterocycles. The van der Waals surface area contributed by atoms with Gasteiger partial charge in [-0.05, 0) is 38.1 Å². The molecule has 1 saturated heterocycles. The summed E-state index contributed by atoms with van der Waals surface area (Å²) in [6, 6.07) is 0.486. The first-order valence-corrected chi connectivity index (χ1v) is 8.76. The van der Waals surface area contributed by atoms with Crippen molar-refractivity contribution in [2.45, 2.75) is 70.9 Å². The minimum atomic E-state index is 0.486. The van der Waals surface area contributed by atoms with Crippen molar-refractivity contribution < 1.29 is 9.47 Å². The Labute approximate surface area is 124 Å². The molecule has 1 saturated carbocycles. The SMILES string of the molecule is CCCNC(COC1CCCC(CC)C1)C1CCOC1. The van der Waals surface area contributed by atoms with Gasteiger partial charge in [0.05, 0.1) is 19.3 Å². The molecule has 1 aliphatic heterocycles. The Morgan fingerprint density at radius 1 is 1.25 bits per heavy atom. The lowest BCUT2D eigenvalue weighted by Crippen LogP contribution is -2.42. The molecule has 1 N–H and O–H groups in total. The van der Waals surface area contributed by atoms with E-state index in [2.05, 4.69) is 19.2 Å². The van der Waals surface area contributed by atoms with Gasteiger partial charge in [-0.25, -0.2) is 0 Å². The molecule has 1 aliphatic carbocycles. The van der Waals surface area contributed by atoms with Crippen molar-refractivity contribution in [1.82, 2.24) is 5.32 Å². The van der Waals surface area contributed by atoms with E-state index in [0.29, 0.717) is 18.1 Å². The predicted molar refractivity (Wildman–Crippen MR) is 83.0 cm³/mol. The first-order chi connectivity index (χ1) is 9.83. The summed E-state index contributed by atoms with van der Waals surface area (Å²) in [5.41, 5.74) is 0. The number of hydrogen-bond donors (Lipinski definition) is 1. The van der Waals surface area contributed by atoms with E-state index >= 15 is 0 Å². The van der Waals surface area contributed by atoms with Crippen LogP contribution in [0.4, 0.5) is 0 Å². The van der Waals surface area contributed by atoms with Gasteiger partial charge in [0.1, 0.15) is 0 Å². The molecular weight excluding hydrogens is 250 g/mol. The summed E-state index contributed by atoms with van der Waals surface area (Å²) in [4.78, 5) is 0. The molecule has 2 aliphatic rings. The van der Waals surface area contributed by atoms with Crippen LogP contribution < -0.4 is 5.32 Å². The van der Waals surface area contributed by atoms with Gasteiger partial charge in [0, 0.05) is 18.6 Å². The summed E-state index contributed by atoms with van der Waals surface area (Å²) in [6.45, 7) is 8.34. The van der Waals surface area contributed by atoms with Gasteiger partial charge in [-0.3, -0.25) is 0 Å². The molecule has 0 amide bonds. The fourth-order valence-electron chi connectivity index (χ4n) is 3.57. The highest BCUT2D eigenvalue weighted by atomic mass is 16.5. The minimum Gasteiger partial charge on any atom is -0.381 e. The third kappa shape index (κ3) is 5.01. The summed E-state index contributed by atoms with van der Waals surface area (Å²) < 4.78 is 11.8. The molecular formula is C17H33NO2. The maximum Gasteiger partial charge on any atom is 0.0626 e. The zero-order valence-corrected chi connectivity index (χ0v) is 13.4. The smallest absolute Gasteiger partial charge is 0.0626 e. The first-order valence-electron chi connectivity index (χ1n) is 8.76. The highest BCUT2D eigenvalue weighted by Crippen LogP contribution is 2.29. The van der Waals surface area contributed by atoms with Crippen molar-refractivity contribution >= 4 is 0 Å². The summed E-state index contributed by atoms with van der Waals surface area (Å²) in [6.07, 6.45) is 9.48. The van der Waals surface area contributed by atoms with Crippen molar-refractivity contribution in [3.05, 3.63) is 0 Å². The van der Waals surface area contributed by atoms with Crippen molar-refractivity contribution in [2.75, 3.05) is 26.4 Å². The van der Waals surface area contributed by atoms with Crippen LogP contribution in [0.5, 0.6) is 0 Å². The molecule has 2 fully saturated rings. The Morgan fingerprint density at radius 2 is 2.15 bits per heavy atom. The second-order valence-corrected chi connectivity index (χ2v) is 6.58. The number of nitrogens with one attached hydrogen (secondary N) is 1. The third-order valence-electron chi connectivity index (χ3n) is 5.01. The van der Waals surface area contributed by atoms with Crippen LogP contribution in [0.2, 0.25) is 0 Å². The van der Waals surface area contributed by atoms with Gasteiger partial charge in [-0.2, -0.15) is 0 Å². The molecule has 2 rings (SSSR count). The van der Waals surface area contributed by atoms with E-state index < -0.39 is 0 Å². The standard InChI is InChI=1S/C17H33NO2/c1-3-9-18-17(15-8-10-19-12-15)13-20-16-7-5-6-14(4-2)11-16/h14-18H,3-13H2,1-2H3. The van der Waals surface area contributed by atoms with E-state index in [4.69, 9.17) is 9.47 Å². The van der Waals surface area contributed by atoms with E-state index in [1.54, 1.807) is 0 Å². The topological polar surface area (TPSA) is 30.5 Å². The molecule has 20 heavy (non-hydrogen) atoms.